The molecule has 2 aromatic carbocycles. The number of nitrogens with two attached hydrogens (primary N) is 2. The van der Waals surface area contributed by atoms with Gasteiger partial charge >= 0.3 is 7.69 Å². The third kappa shape index (κ3) is 4.00. The predicted octanol–water partition coefficient (Wildman–Crippen LogP) is 0.609. The molecular weight excluding hydrogens is 271 g/mol. The highest BCUT2D eigenvalue weighted by Crippen LogP contribution is 2.15. The average molecular weight is 284 g/mol. The number of hydrogen-bond acceptors (Lipinski definition) is 4. The van der Waals surface area contributed by atoms with Crippen molar-refractivity contribution in [2.45, 2.75) is 0 Å². The van der Waals surface area contributed by atoms with Gasteiger partial charge in [-0.2, -0.15) is 0 Å². The van der Waals surface area contributed by atoms with E-state index in [0.29, 0.717) is 22.6 Å². The number of rotatable bonds is 6. The van der Waals surface area contributed by atoms with Crippen LogP contribution in [0.5, 0.6) is 11.5 Å². The second-order valence-electron chi connectivity index (χ2n) is 4.19. The van der Waals surface area contributed by atoms with Crippen LogP contribution >= 0.6 is 0 Å². The third-order valence-corrected chi connectivity index (χ3v) is 2.69. The number of carbonyl (C=O) groups is 2. The fourth-order valence-electron chi connectivity index (χ4n) is 1.64. The maximum absolute atomic E-state index is 11.0. The van der Waals surface area contributed by atoms with Gasteiger partial charge in [-0.1, -0.05) is 12.1 Å². The van der Waals surface area contributed by atoms with E-state index in [1.54, 1.807) is 36.4 Å². The zero-order valence-electron chi connectivity index (χ0n) is 11.1. The highest BCUT2D eigenvalue weighted by molar-refractivity contribution is 6.20. The number of carbonyl (C=O) groups excluding carboxylic acids is 2. The molecule has 0 heterocycles. The van der Waals surface area contributed by atoms with Crippen LogP contribution in [0.25, 0.3) is 0 Å². The van der Waals surface area contributed by atoms with E-state index < -0.39 is 11.8 Å². The van der Waals surface area contributed by atoms with Crippen molar-refractivity contribution >= 4 is 19.5 Å². The SMILES string of the molecule is NC(=O)c1cccc(OBOc2cccc(C(N)=O)c2)c1. The van der Waals surface area contributed by atoms with Gasteiger partial charge < -0.3 is 20.8 Å². The monoisotopic (exact) mass is 284 g/mol. The molecule has 0 atom stereocenters. The van der Waals surface area contributed by atoms with E-state index in [2.05, 4.69) is 0 Å². The first-order valence-corrected chi connectivity index (χ1v) is 6.11. The van der Waals surface area contributed by atoms with E-state index in [9.17, 15) is 9.59 Å². The molecule has 0 unspecified atom stereocenters. The summed E-state index contributed by atoms with van der Waals surface area (Å²) in [7, 11) is -0.0789. The Morgan fingerprint density at radius 3 is 1.62 bits per heavy atom. The molecule has 6 nitrogen and oxygen atoms in total. The highest BCUT2D eigenvalue weighted by Gasteiger charge is 2.05. The summed E-state index contributed by atoms with van der Waals surface area (Å²) in [5.41, 5.74) is 11.1. The highest BCUT2D eigenvalue weighted by atomic mass is 16.6. The Bertz CT molecular complexity index is 618. The van der Waals surface area contributed by atoms with Crippen molar-refractivity contribution in [3.63, 3.8) is 0 Å². The first kappa shape index (κ1) is 14.5. The lowest BCUT2D eigenvalue weighted by molar-refractivity contribution is 0.0991. The number of primary amides is 2. The van der Waals surface area contributed by atoms with E-state index in [-0.39, 0.29) is 7.69 Å². The lowest BCUT2D eigenvalue weighted by atomic mass is 10.2. The van der Waals surface area contributed by atoms with Gasteiger partial charge in [0.2, 0.25) is 11.8 Å². The molecule has 0 radical (unpaired) electrons. The zero-order valence-corrected chi connectivity index (χ0v) is 11.1. The van der Waals surface area contributed by atoms with E-state index in [1.165, 1.54) is 12.1 Å². The van der Waals surface area contributed by atoms with Crippen molar-refractivity contribution in [1.29, 1.82) is 0 Å². The summed E-state index contributed by atoms with van der Waals surface area (Å²) in [4.78, 5) is 22.1. The van der Waals surface area contributed by atoms with Gasteiger partial charge in [0.25, 0.3) is 0 Å². The Morgan fingerprint density at radius 1 is 0.810 bits per heavy atom. The van der Waals surface area contributed by atoms with Crippen LogP contribution in [0, 0.1) is 0 Å². The van der Waals surface area contributed by atoms with Crippen molar-refractivity contribution in [1.82, 2.24) is 0 Å². The first-order valence-electron chi connectivity index (χ1n) is 6.11. The maximum atomic E-state index is 11.0. The summed E-state index contributed by atoms with van der Waals surface area (Å²) in [6.45, 7) is 0. The second kappa shape index (κ2) is 6.47. The Kier molecular flexibility index (Phi) is 4.45. The smallest absolute Gasteiger partial charge is 0.529 e. The van der Waals surface area contributed by atoms with E-state index in [0.717, 1.165) is 0 Å². The van der Waals surface area contributed by atoms with Gasteiger partial charge in [-0.15, -0.1) is 0 Å². The van der Waals surface area contributed by atoms with Gasteiger partial charge in [0.1, 0.15) is 11.5 Å². The molecule has 106 valence electrons. The predicted molar refractivity (Wildman–Crippen MR) is 78.3 cm³/mol. The molecule has 0 aliphatic heterocycles. The van der Waals surface area contributed by atoms with Crippen molar-refractivity contribution < 1.29 is 18.9 Å². The van der Waals surface area contributed by atoms with Crippen molar-refractivity contribution in [2.75, 3.05) is 0 Å². The Balaban J connectivity index is 1.95. The molecule has 0 saturated heterocycles. The first-order chi connectivity index (χ1) is 10.1. The molecule has 0 saturated carbocycles. The summed E-state index contributed by atoms with van der Waals surface area (Å²) in [6, 6.07) is 12.9. The second-order valence-corrected chi connectivity index (χ2v) is 4.19. The molecule has 0 bridgehead atoms. The van der Waals surface area contributed by atoms with Crippen LogP contribution in [0.2, 0.25) is 0 Å². The summed E-state index contributed by atoms with van der Waals surface area (Å²) in [6.07, 6.45) is 0. The third-order valence-electron chi connectivity index (χ3n) is 2.69. The van der Waals surface area contributed by atoms with Crippen molar-refractivity contribution in [3.8, 4) is 11.5 Å². The largest absolute Gasteiger partial charge is 0.576 e. The van der Waals surface area contributed by atoms with E-state index >= 15 is 0 Å². The van der Waals surface area contributed by atoms with Crippen LogP contribution in [0.1, 0.15) is 20.7 Å². The van der Waals surface area contributed by atoms with Gasteiger partial charge in [0.05, 0.1) is 0 Å². The van der Waals surface area contributed by atoms with E-state index in [4.69, 9.17) is 20.8 Å². The molecule has 0 aliphatic carbocycles. The zero-order chi connectivity index (χ0) is 15.2. The lowest BCUT2D eigenvalue weighted by Gasteiger charge is -2.08. The van der Waals surface area contributed by atoms with Crippen molar-refractivity contribution in [2.24, 2.45) is 11.5 Å². The Labute approximate surface area is 122 Å². The van der Waals surface area contributed by atoms with Gasteiger partial charge in [0, 0.05) is 11.1 Å². The fraction of sp³-hybridized carbons (Fsp3) is 0. The van der Waals surface area contributed by atoms with Crippen LogP contribution < -0.4 is 20.8 Å². The topological polar surface area (TPSA) is 105 Å². The van der Waals surface area contributed by atoms with Crippen molar-refractivity contribution in [3.05, 3.63) is 59.7 Å². The number of amides is 2. The summed E-state index contributed by atoms with van der Waals surface area (Å²) >= 11 is 0. The summed E-state index contributed by atoms with van der Waals surface area (Å²) in [5, 5.41) is 0. The molecule has 0 aliphatic rings. The molecule has 0 spiro atoms. The molecule has 0 aromatic heterocycles. The molecule has 2 rings (SSSR count). The minimum Gasteiger partial charge on any atom is -0.529 e. The van der Waals surface area contributed by atoms with Crippen LogP contribution in [-0.4, -0.2) is 19.5 Å². The molecule has 2 aromatic rings. The average Bonchev–Trinajstić information content (AvgIpc) is 2.48. The van der Waals surface area contributed by atoms with Crippen LogP contribution in [0.15, 0.2) is 48.5 Å². The number of benzene rings is 2. The minimum atomic E-state index is -0.532. The van der Waals surface area contributed by atoms with Gasteiger partial charge in [-0.25, -0.2) is 0 Å². The van der Waals surface area contributed by atoms with Gasteiger partial charge in [0.15, 0.2) is 0 Å². The molecule has 7 heteroatoms. The minimum absolute atomic E-state index is 0.0789. The summed E-state index contributed by atoms with van der Waals surface area (Å²) < 4.78 is 10.7. The molecule has 2 amide bonds. The summed E-state index contributed by atoms with van der Waals surface area (Å²) in [5.74, 6) is -0.152. The Morgan fingerprint density at radius 2 is 1.24 bits per heavy atom. The Hall–Kier alpha value is -2.96. The van der Waals surface area contributed by atoms with Crippen LogP contribution in [-0.2, 0) is 0 Å². The molecular formula is C14H13BN2O4. The quantitative estimate of drug-likeness (QED) is 0.758. The molecule has 4 N–H and O–H groups in total. The van der Waals surface area contributed by atoms with Gasteiger partial charge in [-0.3, -0.25) is 9.59 Å². The van der Waals surface area contributed by atoms with Crippen LogP contribution in [0.3, 0.4) is 0 Å². The molecule has 0 fully saturated rings. The normalized spacial score (nSPS) is 9.71. The number of hydrogen-bond donors (Lipinski definition) is 2. The van der Waals surface area contributed by atoms with Gasteiger partial charge in [-0.05, 0) is 36.4 Å². The maximum Gasteiger partial charge on any atom is 0.576 e. The standard InChI is InChI=1S/C14H13BN2O4/c16-13(18)9-3-1-5-11(7-9)20-15-21-12-6-2-4-10(8-12)14(17)19/h1-8,15H,(H2,16,18)(H2,17,19). The lowest BCUT2D eigenvalue weighted by Crippen LogP contribution is -2.14. The fourth-order valence-corrected chi connectivity index (χ4v) is 1.64. The van der Waals surface area contributed by atoms with Crippen LogP contribution in [0.4, 0.5) is 0 Å². The van der Waals surface area contributed by atoms with E-state index in [1.807, 2.05) is 0 Å². The molecule has 21 heavy (non-hydrogen) atoms.